The molecule has 2 atom stereocenters. The summed E-state index contributed by atoms with van der Waals surface area (Å²) in [5.74, 6) is 0.756. The lowest BCUT2D eigenvalue weighted by Gasteiger charge is -2.36. The molecular formula is C10H13Cl2N3O. The fourth-order valence-electron chi connectivity index (χ4n) is 1.91. The smallest absolute Gasteiger partial charge is 0.225 e. The van der Waals surface area contributed by atoms with E-state index in [1.54, 1.807) is 6.07 Å². The molecular weight excluding hydrogens is 249 g/mol. The first-order chi connectivity index (χ1) is 7.54. The second kappa shape index (κ2) is 4.73. The van der Waals surface area contributed by atoms with Gasteiger partial charge in [0.15, 0.2) is 0 Å². The molecule has 2 unspecified atom stereocenters. The number of anilines is 1. The molecule has 0 saturated carbocycles. The predicted octanol–water partition coefficient (Wildman–Crippen LogP) is 2.40. The van der Waals surface area contributed by atoms with Crippen LogP contribution in [0.25, 0.3) is 0 Å². The first-order valence-corrected chi connectivity index (χ1v) is 5.90. The number of morpholine rings is 1. The SMILES string of the molecule is CC1CN(c2cc(Cl)nc(Cl)n2)CC(C)O1. The van der Waals surface area contributed by atoms with Gasteiger partial charge in [-0.2, -0.15) is 0 Å². The quantitative estimate of drug-likeness (QED) is 0.575. The van der Waals surface area contributed by atoms with Crippen molar-refractivity contribution in [3.05, 3.63) is 16.5 Å². The summed E-state index contributed by atoms with van der Waals surface area (Å²) in [5, 5.41) is 0.538. The number of rotatable bonds is 1. The van der Waals surface area contributed by atoms with Crippen LogP contribution in [0, 0.1) is 0 Å². The lowest BCUT2D eigenvalue weighted by atomic mass is 10.2. The Morgan fingerprint density at radius 1 is 1.25 bits per heavy atom. The highest BCUT2D eigenvalue weighted by Gasteiger charge is 2.23. The summed E-state index contributed by atoms with van der Waals surface area (Å²) in [6.45, 7) is 5.64. The second-order valence-electron chi connectivity index (χ2n) is 3.98. The van der Waals surface area contributed by atoms with Crippen molar-refractivity contribution in [2.24, 2.45) is 0 Å². The van der Waals surface area contributed by atoms with Gasteiger partial charge in [-0.3, -0.25) is 0 Å². The number of aromatic nitrogens is 2. The molecule has 1 fully saturated rings. The highest BCUT2D eigenvalue weighted by atomic mass is 35.5. The molecule has 0 bridgehead atoms. The van der Waals surface area contributed by atoms with Crippen molar-refractivity contribution in [1.29, 1.82) is 0 Å². The fraction of sp³-hybridized carbons (Fsp3) is 0.600. The number of hydrogen-bond donors (Lipinski definition) is 0. The van der Waals surface area contributed by atoms with Gasteiger partial charge in [0.05, 0.1) is 12.2 Å². The van der Waals surface area contributed by atoms with Crippen LogP contribution in [0.5, 0.6) is 0 Å². The van der Waals surface area contributed by atoms with E-state index in [4.69, 9.17) is 27.9 Å². The molecule has 0 amide bonds. The second-order valence-corrected chi connectivity index (χ2v) is 4.71. The summed E-state index contributed by atoms with van der Waals surface area (Å²) in [6.07, 6.45) is 0.354. The molecule has 6 heteroatoms. The van der Waals surface area contributed by atoms with Crippen molar-refractivity contribution >= 4 is 29.0 Å². The topological polar surface area (TPSA) is 38.2 Å². The minimum atomic E-state index is 0.175. The van der Waals surface area contributed by atoms with Gasteiger partial charge >= 0.3 is 0 Å². The molecule has 4 nitrogen and oxygen atoms in total. The Morgan fingerprint density at radius 2 is 1.88 bits per heavy atom. The summed E-state index contributed by atoms with van der Waals surface area (Å²) in [6, 6.07) is 1.72. The third kappa shape index (κ3) is 2.75. The molecule has 16 heavy (non-hydrogen) atoms. The summed E-state index contributed by atoms with van der Waals surface area (Å²) in [4.78, 5) is 10.1. The Morgan fingerprint density at radius 3 is 2.44 bits per heavy atom. The highest BCUT2D eigenvalue weighted by Crippen LogP contribution is 2.22. The monoisotopic (exact) mass is 261 g/mol. The van der Waals surface area contributed by atoms with Gasteiger partial charge in [-0.1, -0.05) is 11.6 Å². The van der Waals surface area contributed by atoms with E-state index in [1.165, 1.54) is 0 Å². The van der Waals surface area contributed by atoms with E-state index in [-0.39, 0.29) is 17.5 Å². The fourth-order valence-corrected chi connectivity index (χ4v) is 2.30. The van der Waals surface area contributed by atoms with E-state index in [0.717, 1.165) is 18.9 Å². The van der Waals surface area contributed by atoms with Gasteiger partial charge in [0.1, 0.15) is 11.0 Å². The van der Waals surface area contributed by atoms with Gasteiger partial charge in [-0.05, 0) is 25.4 Å². The highest BCUT2D eigenvalue weighted by molar-refractivity contribution is 6.32. The maximum absolute atomic E-state index is 5.85. The zero-order chi connectivity index (χ0) is 11.7. The molecule has 1 aromatic heterocycles. The van der Waals surface area contributed by atoms with Gasteiger partial charge in [-0.15, -0.1) is 0 Å². The van der Waals surface area contributed by atoms with Crippen molar-refractivity contribution in [2.75, 3.05) is 18.0 Å². The number of hydrogen-bond acceptors (Lipinski definition) is 4. The molecule has 1 aliphatic rings. The van der Waals surface area contributed by atoms with E-state index >= 15 is 0 Å². The molecule has 0 aromatic carbocycles. The molecule has 88 valence electrons. The van der Waals surface area contributed by atoms with Crippen molar-refractivity contribution < 1.29 is 4.74 Å². The molecule has 2 heterocycles. The first-order valence-electron chi connectivity index (χ1n) is 5.15. The standard InChI is InChI=1S/C10H13Cl2N3O/c1-6-4-15(5-7(2)16-6)9-3-8(11)13-10(12)14-9/h3,6-7H,4-5H2,1-2H3. The van der Waals surface area contributed by atoms with Crippen LogP contribution in [0.2, 0.25) is 10.4 Å². The Balaban J connectivity index is 2.22. The van der Waals surface area contributed by atoms with Crippen LogP contribution >= 0.6 is 23.2 Å². The zero-order valence-electron chi connectivity index (χ0n) is 9.15. The van der Waals surface area contributed by atoms with E-state index < -0.39 is 0 Å². The lowest BCUT2D eigenvalue weighted by Crippen LogP contribution is -2.45. The Kier molecular flexibility index (Phi) is 3.52. The Bertz CT molecular complexity index is 358. The zero-order valence-corrected chi connectivity index (χ0v) is 10.7. The van der Waals surface area contributed by atoms with Crippen LogP contribution in [-0.4, -0.2) is 35.3 Å². The molecule has 0 radical (unpaired) electrons. The van der Waals surface area contributed by atoms with Gasteiger partial charge in [0.2, 0.25) is 5.28 Å². The largest absolute Gasteiger partial charge is 0.372 e. The lowest BCUT2D eigenvalue weighted by molar-refractivity contribution is -0.00546. The molecule has 1 aliphatic heterocycles. The van der Waals surface area contributed by atoms with E-state index in [1.807, 2.05) is 13.8 Å². The third-order valence-electron chi connectivity index (χ3n) is 2.40. The van der Waals surface area contributed by atoms with Gasteiger partial charge < -0.3 is 9.64 Å². The van der Waals surface area contributed by atoms with Crippen molar-refractivity contribution in [3.63, 3.8) is 0 Å². The van der Waals surface area contributed by atoms with Crippen LogP contribution in [-0.2, 0) is 4.74 Å². The average molecular weight is 262 g/mol. The van der Waals surface area contributed by atoms with Crippen LogP contribution in [0.15, 0.2) is 6.07 Å². The number of halogens is 2. The molecule has 0 N–H and O–H groups in total. The summed E-state index contributed by atoms with van der Waals surface area (Å²) >= 11 is 11.6. The van der Waals surface area contributed by atoms with Crippen molar-refractivity contribution in [1.82, 2.24) is 9.97 Å². The van der Waals surface area contributed by atoms with Crippen molar-refractivity contribution in [2.45, 2.75) is 26.1 Å². The van der Waals surface area contributed by atoms with Crippen LogP contribution in [0.3, 0.4) is 0 Å². The minimum absolute atomic E-state index is 0.175. The maximum atomic E-state index is 5.85. The number of ether oxygens (including phenoxy) is 1. The van der Waals surface area contributed by atoms with Gasteiger partial charge in [-0.25, -0.2) is 9.97 Å². The van der Waals surface area contributed by atoms with Crippen molar-refractivity contribution in [3.8, 4) is 0 Å². The molecule has 0 aliphatic carbocycles. The average Bonchev–Trinajstić information content (AvgIpc) is 2.14. The first kappa shape index (κ1) is 11.9. The van der Waals surface area contributed by atoms with Crippen LogP contribution in [0.1, 0.15) is 13.8 Å². The number of nitrogens with zero attached hydrogens (tertiary/aromatic N) is 3. The van der Waals surface area contributed by atoms with E-state index in [0.29, 0.717) is 5.15 Å². The van der Waals surface area contributed by atoms with Crippen LogP contribution in [0.4, 0.5) is 5.82 Å². The van der Waals surface area contributed by atoms with Gasteiger partial charge in [0.25, 0.3) is 0 Å². The minimum Gasteiger partial charge on any atom is -0.372 e. The normalized spacial score (nSPS) is 25.9. The van der Waals surface area contributed by atoms with E-state index in [2.05, 4.69) is 14.9 Å². The third-order valence-corrected chi connectivity index (χ3v) is 2.76. The molecule has 2 rings (SSSR count). The molecule has 0 spiro atoms. The predicted molar refractivity (Wildman–Crippen MR) is 64.3 cm³/mol. The maximum Gasteiger partial charge on any atom is 0.225 e. The van der Waals surface area contributed by atoms with Crippen LogP contribution < -0.4 is 4.90 Å². The molecule has 1 saturated heterocycles. The van der Waals surface area contributed by atoms with E-state index in [9.17, 15) is 0 Å². The summed E-state index contributed by atoms with van der Waals surface area (Å²) in [7, 11) is 0. The Hall–Kier alpha value is -0.580. The van der Waals surface area contributed by atoms with Gasteiger partial charge in [0, 0.05) is 19.2 Å². The Labute approximate surface area is 105 Å². The summed E-state index contributed by atoms with van der Waals surface area (Å²) < 4.78 is 5.65. The summed E-state index contributed by atoms with van der Waals surface area (Å²) in [5.41, 5.74) is 0. The molecule has 1 aromatic rings.